The molecule has 2 fully saturated rings. The van der Waals surface area contributed by atoms with Crippen molar-refractivity contribution in [3.63, 3.8) is 0 Å². The molecule has 2 aliphatic heterocycles. The number of carbonyl (C=O) groups is 1. The van der Waals surface area contributed by atoms with E-state index in [2.05, 4.69) is 19.2 Å². The number of hydrogen-bond donors (Lipinski definition) is 1. The van der Waals surface area contributed by atoms with Crippen molar-refractivity contribution in [1.82, 2.24) is 15.1 Å². The average molecular weight is 264 g/mol. The number of hydrogen-bond acceptors (Lipinski definition) is 3. The van der Waals surface area contributed by atoms with Gasteiger partial charge >= 0.3 is 6.03 Å². The van der Waals surface area contributed by atoms with E-state index in [1.165, 1.54) is 0 Å². The van der Waals surface area contributed by atoms with Gasteiger partial charge in [0.05, 0.1) is 0 Å². The molecule has 1 atom stereocenters. The lowest BCUT2D eigenvalue weighted by Gasteiger charge is -2.34. The summed E-state index contributed by atoms with van der Waals surface area (Å²) in [7, 11) is 0. The summed E-state index contributed by atoms with van der Waals surface area (Å²) in [6, 6.07) is 0.439. The molecule has 5 heteroatoms. The maximum atomic E-state index is 12.4. The van der Waals surface area contributed by atoms with Crippen molar-refractivity contribution in [2.45, 2.75) is 39.2 Å². The third kappa shape index (κ3) is 3.31. The Labute approximate surface area is 115 Å². The van der Waals surface area contributed by atoms with Gasteiger partial charge in [0.2, 0.25) is 0 Å². The van der Waals surface area contributed by atoms with Gasteiger partial charge in [0.15, 0.2) is 6.19 Å². The van der Waals surface area contributed by atoms with Crippen LogP contribution in [0.25, 0.3) is 0 Å². The summed E-state index contributed by atoms with van der Waals surface area (Å²) < 4.78 is 0. The molecule has 1 unspecified atom stereocenters. The molecule has 5 nitrogen and oxygen atoms in total. The molecule has 0 radical (unpaired) electrons. The highest BCUT2D eigenvalue weighted by Crippen LogP contribution is 2.25. The Bertz CT molecular complexity index is 355. The van der Waals surface area contributed by atoms with Crippen LogP contribution in [-0.4, -0.2) is 48.1 Å². The zero-order chi connectivity index (χ0) is 13.8. The predicted molar refractivity (Wildman–Crippen MR) is 73.3 cm³/mol. The molecule has 2 heterocycles. The quantitative estimate of drug-likeness (QED) is 0.609. The molecule has 19 heavy (non-hydrogen) atoms. The lowest BCUT2D eigenvalue weighted by molar-refractivity contribution is 0.144. The molecule has 0 spiro atoms. The topological polar surface area (TPSA) is 59.4 Å². The third-order valence-corrected chi connectivity index (χ3v) is 4.47. The second-order valence-corrected chi connectivity index (χ2v) is 6.04. The first-order valence-electron chi connectivity index (χ1n) is 7.30. The van der Waals surface area contributed by atoms with Gasteiger partial charge in [-0.3, -0.25) is 0 Å². The summed E-state index contributed by atoms with van der Waals surface area (Å²) in [5.41, 5.74) is 0. The molecule has 2 aliphatic rings. The van der Waals surface area contributed by atoms with E-state index in [1.54, 1.807) is 0 Å². The van der Waals surface area contributed by atoms with Gasteiger partial charge in [0.25, 0.3) is 0 Å². The van der Waals surface area contributed by atoms with Crippen LogP contribution >= 0.6 is 0 Å². The highest BCUT2D eigenvalue weighted by atomic mass is 16.2. The average Bonchev–Trinajstić information content (AvgIpc) is 2.89. The fraction of sp³-hybridized carbons (Fsp3) is 0.857. The first-order valence-corrected chi connectivity index (χ1v) is 7.30. The minimum Gasteiger partial charge on any atom is -0.324 e. The van der Waals surface area contributed by atoms with Crippen LogP contribution in [0.5, 0.6) is 0 Å². The number of nitrogens with zero attached hydrogens (tertiary/aromatic N) is 3. The van der Waals surface area contributed by atoms with Crippen molar-refractivity contribution >= 4 is 6.03 Å². The summed E-state index contributed by atoms with van der Waals surface area (Å²) >= 11 is 0. The second kappa shape index (κ2) is 6.14. The van der Waals surface area contributed by atoms with E-state index in [9.17, 15) is 4.79 Å². The van der Waals surface area contributed by atoms with Gasteiger partial charge in [0, 0.05) is 32.2 Å². The van der Waals surface area contributed by atoms with Crippen molar-refractivity contribution < 1.29 is 4.79 Å². The Morgan fingerprint density at radius 3 is 2.37 bits per heavy atom. The minimum atomic E-state index is 0.193. The number of nitriles is 1. The zero-order valence-electron chi connectivity index (χ0n) is 11.9. The molecular weight excluding hydrogens is 240 g/mol. The summed E-state index contributed by atoms with van der Waals surface area (Å²) in [6.07, 6.45) is 4.88. The molecule has 0 aromatic rings. The SMILES string of the molecule is CC(C)C1CCN(C(=O)N2CCC(NC#N)CC2)C1. The van der Waals surface area contributed by atoms with Gasteiger partial charge in [-0.05, 0) is 31.1 Å². The normalized spacial score (nSPS) is 24.6. The highest BCUT2D eigenvalue weighted by Gasteiger charge is 2.32. The van der Waals surface area contributed by atoms with Gasteiger partial charge in [-0.25, -0.2) is 4.79 Å². The highest BCUT2D eigenvalue weighted by molar-refractivity contribution is 5.74. The molecule has 2 amide bonds. The van der Waals surface area contributed by atoms with Crippen LogP contribution in [-0.2, 0) is 0 Å². The number of amides is 2. The minimum absolute atomic E-state index is 0.193. The summed E-state index contributed by atoms with van der Waals surface area (Å²) in [6.45, 7) is 7.81. The lowest BCUT2D eigenvalue weighted by atomic mass is 9.95. The molecule has 0 aromatic heterocycles. The molecule has 0 aliphatic carbocycles. The largest absolute Gasteiger partial charge is 0.324 e. The van der Waals surface area contributed by atoms with Gasteiger partial charge in [0.1, 0.15) is 0 Å². The number of piperidine rings is 1. The monoisotopic (exact) mass is 264 g/mol. The fourth-order valence-corrected chi connectivity index (χ4v) is 3.01. The van der Waals surface area contributed by atoms with E-state index in [0.29, 0.717) is 11.8 Å². The molecule has 1 N–H and O–H groups in total. The number of nitrogens with one attached hydrogen (secondary N) is 1. The predicted octanol–water partition coefficient (Wildman–Crippen LogP) is 1.62. The van der Waals surface area contributed by atoms with Crippen molar-refractivity contribution in [1.29, 1.82) is 5.26 Å². The fourth-order valence-electron chi connectivity index (χ4n) is 3.01. The number of likely N-dealkylation sites (tertiary alicyclic amines) is 2. The standard InChI is InChI=1S/C14H24N4O/c1-11(2)12-3-6-18(9-12)14(19)17-7-4-13(5-8-17)16-10-15/h11-13,16H,3-9H2,1-2H3. The molecule has 2 rings (SSSR count). The Hall–Kier alpha value is -1.44. The molecule has 2 saturated heterocycles. The van der Waals surface area contributed by atoms with E-state index in [-0.39, 0.29) is 12.1 Å². The Morgan fingerprint density at radius 2 is 1.84 bits per heavy atom. The Morgan fingerprint density at radius 1 is 1.21 bits per heavy atom. The van der Waals surface area contributed by atoms with Gasteiger partial charge in [-0.2, -0.15) is 5.26 Å². The van der Waals surface area contributed by atoms with Gasteiger partial charge < -0.3 is 15.1 Å². The van der Waals surface area contributed by atoms with Crippen LogP contribution in [0.15, 0.2) is 0 Å². The smallest absolute Gasteiger partial charge is 0.320 e. The molecular formula is C14H24N4O. The molecule has 0 saturated carbocycles. The first kappa shape index (κ1) is 14.0. The number of rotatable bonds is 2. The number of carbonyl (C=O) groups excluding carboxylic acids is 1. The van der Waals surface area contributed by atoms with Crippen LogP contribution in [0.3, 0.4) is 0 Å². The lowest BCUT2D eigenvalue weighted by Crippen LogP contribution is -2.48. The maximum Gasteiger partial charge on any atom is 0.320 e. The van der Waals surface area contributed by atoms with Crippen molar-refractivity contribution in [2.24, 2.45) is 11.8 Å². The summed E-state index contributed by atoms with van der Waals surface area (Å²) in [4.78, 5) is 16.3. The Kier molecular flexibility index (Phi) is 4.52. The van der Waals surface area contributed by atoms with E-state index in [1.807, 2.05) is 16.0 Å². The van der Waals surface area contributed by atoms with Crippen LogP contribution in [0.4, 0.5) is 4.79 Å². The number of urea groups is 1. The van der Waals surface area contributed by atoms with Gasteiger partial charge in [-0.1, -0.05) is 13.8 Å². The second-order valence-electron chi connectivity index (χ2n) is 6.04. The summed E-state index contributed by atoms with van der Waals surface area (Å²) in [5, 5.41) is 11.4. The summed E-state index contributed by atoms with van der Waals surface area (Å²) in [5.74, 6) is 1.31. The van der Waals surface area contributed by atoms with E-state index < -0.39 is 0 Å². The van der Waals surface area contributed by atoms with Crippen LogP contribution in [0.1, 0.15) is 33.1 Å². The van der Waals surface area contributed by atoms with E-state index >= 15 is 0 Å². The first-order chi connectivity index (χ1) is 9.11. The van der Waals surface area contributed by atoms with Crippen molar-refractivity contribution in [2.75, 3.05) is 26.2 Å². The van der Waals surface area contributed by atoms with Crippen LogP contribution < -0.4 is 5.32 Å². The van der Waals surface area contributed by atoms with Crippen LogP contribution in [0, 0.1) is 23.3 Å². The molecule has 106 valence electrons. The maximum absolute atomic E-state index is 12.4. The van der Waals surface area contributed by atoms with Gasteiger partial charge in [-0.15, -0.1) is 0 Å². The van der Waals surface area contributed by atoms with Crippen molar-refractivity contribution in [3.8, 4) is 6.19 Å². The molecule has 0 aromatic carbocycles. The Balaban J connectivity index is 1.81. The van der Waals surface area contributed by atoms with Crippen molar-refractivity contribution in [3.05, 3.63) is 0 Å². The van der Waals surface area contributed by atoms with Crippen LogP contribution in [0.2, 0.25) is 0 Å². The molecule has 0 bridgehead atoms. The van der Waals surface area contributed by atoms with E-state index in [4.69, 9.17) is 5.26 Å². The zero-order valence-corrected chi connectivity index (χ0v) is 11.9. The third-order valence-electron chi connectivity index (χ3n) is 4.47. The van der Waals surface area contributed by atoms with E-state index in [0.717, 1.165) is 45.4 Å².